The molecule has 3 heteroatoms. The van der Waals surface area contributed by atoms with Crippen molar-refractivity contribution in [2.45, 2.75) is 64.5 Å². The number of imidazole rings is 1. The number of nitrogens with two attached hydrogens (primary N) is 1. The van der Waals surface area contributed by atoms with Gasteiger partial charge in [-0.3, -0.25) is 0 Å². The number of hydrogen-bond donors (Lipinski definition) is 1. The van der Waals surface area contributed by atoms with E-state index in [2.05, 4.69) is 18.4 Å². The summed E-state index contributed by atoms with van der Waals surface area (Å²) >= 11 is 0. The van der Waals surface area contributed by atoms with Crippen molar-refractivity contribution < 1.29 is 0 Å². The molecule has 17 heavy (non-hydrogen) atoms. The van der Waals surface area contributed by atoms with Crippen molar-refractivity contribution in [2.24, 2.45) is 11.7 Å². The van der Waals surface area contributed by atoms with Crippen LogP contribution in [0.25, 0.3) is 0 Å². The van der Waals surface area contributed by atoms with E-state index in [1.165, 1.54) is 36.5 Å². The summed E-state index contributed by atoms with van der Waals surface area (Å²) in [4.78, 5) is 4.74. The van der Waals surface area contributed by atoms with Gasteiger partial charge in [-0.1, -0.05) is 6.92 Å². The van der Waals surface area contributed by atoms with Gasteiger partial charge in [0.25, 0.3) is 0 Å². The van der Waals surface area contributed by atoms with Crippen LogP contribution in [0.3, 0.4) is 0 Å². The molecule has 0 saturated heterocycles. The third-order valence-electron chi connectivity index (χ3n) is 4.48. The van der Waals surface area contributed by atoms with E-state index >= 15 is 0 Å². The molecule has 1 atom stereocenters. The van der Waals surface area contributed by atoms with Gasteiger partial charge in [0, 0.05) is 24.2 Å². The van der Waals surface area contributed by atoms with E-state index in [0.717, 1.165) is 31.7 Å². The molecular formula is C14H23N3. The fourth-order valence-corrected chi connectivity index (χ4v) is 2.95. The Morgan fingerprint density at radius 3 is 2.94 bits per heavy atom. The van der Waals surface area contributed by atoms with Gasteiger partial charge < -0.3 is 10.3 Å². The molecule has 0 amide bonds. The summed E-state index contributed by atoms with van der Waals surface area (Å²) in [6.45, 7) is 5.64. The van der Waals surface area contributed by atoms with E-state index < -0.39 is 0 Å². The quantitative estimate of drug-likeness (QED) is 0.869. The minimum absolute atomic E-state index is 0.166. The summed E-state index contributed by atoms with van der Waals surface area (Å²) in [7, 11) is 0. The Morgan fingerprint density at radius 2 is 2.24 bits per heavy atom. The summed E-state index contributed by atoms with van der Waals surface area (Å²) in [6, 6.07) is 0. The van der Waals surface area contributed by atoms with Crippen LogP contribution >= 0.6 is 0 Å². The van der Waals surface area contributed by atoms with Gasteiger partial charge in [-0.2, -0.15) is 0 Å². The number of aromatic nitrogens is 2. The maximum Gasteiger partial charge on any atom is 0.109 e. The fraction of sp³-hybridized carbons (Fsp3) is 0.786. The van der Waals surface area contributed by atoms with Crippen molar-refractivity contribution in [1.82, 2.24) is 9.55 Å². The zero-order valence-electron chi connectivity index (χ0n) is 11.0. The van der Waals surface area contributed by atoms with Gasteiger partial charge in [0.2, 0.25) is 0 Å². The first-order valence-electron chi connectivity index (χ1n) is 6.91. The molecule has 0 aromatic carbocycles. The number of fused-ring (bicyclic) bond motifs is 1. The minimum atomic E-state index is 0.166. The summed E-state index contributed by atoms with van der Waals surface area (Å²) in [6.07, 6.45) is 7.12. The first kappa shape index (κ1) is 11.3. The maximum atomic E-state index is 6.18. The van der Waals surface area contributed by atoms with E-state index in [9.17, 15) is 0 Å². The molecular weight excluding hydrogens is 210 g/mol. The molecule has 1 aliphatic heterocycles. The molecule has 2 N–H and O–H groups in total. The molecule has 1 saturated carbocycles. The largest absolute Gasteiger partial charge is 0.332 e. The average molecular weight is 233 g/mol. The van der Waals surface area contributed by atoms with Crippen molar-refractivity contribution in [3.05, 3.63) is 17.2 Å². The highest BCUT2D eigenvalue weighted by molar-refractivity contribution is 5.19. The first-order valence-corrected chi connectivity index (χ1v) is 6.91. The smallest absolute Gasteiger partial charge is 0.109 e. The molecule has 0 spiro atoms. The zero-order chi connectivity index (χ0) is 12.0. The van der Waals surface area contributed by atoms with Crippen LogP contribution in [0.5, 0.6) is 0 Å². The molecule has 1 aromatic heterocycles. The van der Waals surface area contributed by atoms with Crippen LogP contribution in [0, 0.1) is 12.8 Å². The second-order valence-corrected chi connectivity index (χ2v) is 6.17. The van der Waals surface area contributed by atoms with Gasteiger partial charge in [-0.25, -0.2) is 4.98 Å². The summed E-state index contributed by atoms with van der Waals surface area (Å²) < 4.78 is 2.46. The highest BCUT2D eigenvalue weighted by Crippen LogP contribution is 2.37. The van der Waals surface area contributed by atoms with E-state index in [-0.39, 0.29) is 5.54 Å². The standard InChI is InChI=1S/C14H23N3/c1-10-4-8-17-12(3-5-14(15)6-7-14)11(2)16-13(17)9-10/h10H,3-9,15H2,1-2H3. The normalized spacial score (nSPS) is 25.7. The lowest BCUT2D eigenvalue weighted by atomic mass is 10.00. The highest BCUT2D eigenvalue weighted by atomic mass is 15.1. The average Bonchev–Trinajstić information content (AvgIpc) is 2.91. The fourth-order valence-electron chi connectivity index (χ4n) is 2.95. The van der Waals surface area contributed by atoms with Crippen LogP contribution in [0.2, 0.25) is 0 Å². The minimum Gasteiger partial charge on any atom is -0.332 e. The lowest BCUT2D eigenvalue weighted by Gasteiger charge is -2.22. The maximum absolute atomic E-state index is 6.18. The third kappa shape index (κ3) is 2.13. The molecule has 3 nitrogen and oxygen atoms in total. The predicted octanol–water partition coefficient (Wildman–Crippen LogP) is 2.20. The number of hydrogen-bond acceptors (Lipinski definition) is 2. The van der Waals surface area contributed by atoms with Crippen LogP contribution in [-0.2, 0) is 19.4 Å². The summed E-state index contributed by atoms with van der Waals surface area (Å²) in [5.74, 6) is 2.10. The molecule has 1 aliphatic carbocycles. The Bertz CT molecular complexity index is 429. The molecule has 0 radical (unpaired) electrons. The Balaban J connectivity index is 1.79. The summed E-state index contributed by atoms with van der Waals surface area (Å²) in [5, 5.41) is 0. The van der Waals surface area contributed by atoms with Crippen LogP contribution in [0.1, 0.15) is 49.8 Å². The Hall–Kier alpha value is -0.830. The van der Waals surface area contributed by atoms with Gasteiger partial charge in [0.05, 0.1) is 5.69 Å². The van der Waals surface area contributed by atoms with Gasteiger partial charge in [-0.15, -0.1) is 0 Å². The van der Waals surface area contributed by atoms with Crippen molar-refractivity contribution >= 4 is 0 Å². The van der Waals surface area contributed by atoms with Crippen LogP contribution in [0.15, 0.2) is 0 Å². The first-order chi connectivity index (χ1) is 8.07. The number of rotatable bonds is 3. The van der Waals surface area contributed by atoms with Crippen LogP contribution in [0.4, 0.5) is 0 Å². The van der Waals surface area contributed by atoms with Crippen LogP contribution in [-0.4, -0.2) is 15.1 Å². The SMILES string of the molecule is Cc1nc2n(c1CCC1(N)CC1)CCC(C)C2. The van der Waals surface area contributed by atoms with Gasteiger partial charge >= 0.3 is 0 Å². The second kappa shape index (κ2) is 3.84. The van der Waals surface area contributed by atoms with Crippen molar-refractivity contribution in [2.75, 3.05) is 0 Å². The molecule has 3 rings (SSSR count). The Kier molecular flexibility index (Phi) is 2.54. The lowest BCUT2D eigenvalue weighted by molar-refractivity contribution is 0.400. The van der Waals surface area contributed by atoms with E-state index in [0.29, 0.717) is 0 Å². The number of aryl methyl sites for hydroxylation is 1. The van der Waals surface area contributed by atoms with Crippen molar-refractivity contribution in [1.29, 1.82) is 0 Å². The summed E-state index contributed by atoms with van der Waals surface area (Å²) in [5.41, 5.74) is 9.03. The van der Waals surface area contributed by atoms with Crippen molar-refractivity contribution in [3.8, 4) is 0 Å². The topological polar surface area (TPSA) is 43.8 Å². The molecule has 1 unspecified atom stereocenters. The Morgan fingerprint density at radius 1 is 1.47 bits per heavy atom. The highest BCUT2D eigenvalue weighted by Gasteiger charge is 2.37. The zero-order valence-corrected chi connectivity index (χ0v) is 11.0. The van der Waals surface area contributed by atoms with E-state index in [4.69, 9.17) is 10.7 Å². The van der Waals surface area contributed by atoms with E-state index in [1.54, 1.807) is 0 Å². The van der Waals surface area contributed by atoms with E-state index in [1.807, 2.05) is 0 Å². The van der Waals surface area contributed by atoms with Crippen molar-refractivity contribution in [3.63, 3.8) is 0 Å². The molecule has 2 heterocycles. The number of nitrogens with zero attached hydrogens (tertiary/aromatic N) is 2. The van der Waals surface area contributed by atoms with Gasteiger partial charge in [0.15, 0.2) is 0 Å². The molecule has 2 aliphatic rings. The molecule has 0 bridgehead atoms. The predicted molar refractivity (Wildman–Crippen MR) is 68.9 cm³/mol. The molecule has 94 valence electrons. The van der Waals surface area contributed by atoms with Gasteiger partial charge in [-0.05, 0) is 44.9 Å². The Labute approximate surface area is 103 Å². The van der Waals surface area contributed by atoms with Crippen LogP contribution < -0.4 is 5.73 Å². The molecule has 1 fully saturated rings. The monoisotopic (exact) mass is 233 g/mol. The van der Waals surface area contributed by atoms with Gasteiger partial charge in [0.1, 0.15) is 5.82 Å². The third-order valence-corrected chi connectivity index (χ3v) is 4.48. The lowest BCUT2D eigenvalue weighted by Crippen LogP contribution is -2.24. The second-order valence-electron chi connectivity index (χ2n) is 6.17. The molecule has 1 aromatic rings.